The van der Waals surface area contributed by atoms with Crippen LogP contribution in [-0.2, 0) is 13.6 Å². The van der Waals surface area contributed by atoms with Crippen LogP contribution in [0.5, 0.6) is 0 Å². The van der Waals surface area contributed by atoms with Crippen LogP contribution in [0.4, 0.5) is 0 Å². The number of aromatic nitrogens is 5. The summed E-state index contributed by atoms with van der Waals surface area (Å²) in [6.45, 7) is 5.08. The van der Waals surface area contributed by atoms with E-state index in [9.17, 15) is 0 Å². The van der Waals surface area contributed by atoms with Crippen LogP contribution in [0.2, 0.25) is 0 Å². The molecule has 2 atom stereocenters. The van der Waals surface area contributed by atoms with Crippen molar-refractivity contribution in [1.29, 1.82) is 0 Å². The van der Waals surface area contributed by atoms with Gasteiger partial charge < -0.3 is 5.32 Å². The summed E-state index contributed by atoms with van der Waals surface area (Å²) in [4.78, 5) is 4.67. The second-order valence-corrected chi connectivity index (χ2v) is 6.30. The van der Waals surface area contributed by atoms with E-state index in [0.29, 0.717) is 12.1 Å². The van der Waals surface area contributed by atoms with Crippen LogP contribution >= 0.6 is 11.3 Å². The number of hydrogen-bond acceptors (Lipinski definition) is 5. The van der Waals surface area contributed by atoms with Crippen LogP contribution in [0.1, 0.15) is 25.6 Å². The first-order valence-corrected chi connectivity index (χ1v) is 8.17. The number of thiazole rings is 1. The predicted octanol–water partition coefficient (Wildman–Crippen LogP) is 2.48. The number of rotatable bonds is 6. The average Bonchev–Trinajstić information content (AvgIpc) is 3.24. The smallest absolute Gasteiger partial charge is 0.126 e. The molecule has 0 bridgehead atoms. The summed E-state index contributed by atoms with van der Waals surface area (Å²) in [7, 11) is 1.91. The van der Waals surface area contributed by atoms with Gasteiger partial charge in [-0.1, -0.05) is 0 Å². The van der Waals surface area contributed by atoms with Crippen molar-refractivity contribution >= 4 is 11.3 Å². The Morgan fingerprint density at radius 2 is 2.18 bits per heavy atom. The first-order valence-electron chi connectivity index (χ1n) is 7.29. The van der Waals surface area contributed by atoms with Gasteiger partial charge in [0.1, 0.15) is 5.01 Å². The molecule has 0 unspecified atom stereocenters. The molecule has 116 valence electrons. The molecule has 3 aromatic rings. The van der Waals surface area contributed by atoms with E-state index in [-0.39, 0.29) is 0 Å². The van der Waals surface area contributed by atoms with Crippen LogP contribution in [0.15, 0.2) is 36.2 Å². The summed E-state index contributed by atoms with van der Waals surface area (Å²) < 4.78 is 3.77. The zero-order valence-corrected chi connectivity index (χ0v) is 13.8. The summed E-state index contributed by atoms with van der Waals surface area (Å²) in [5.74, 6) is 0. The fourth-order valence-corrected chi connectivity index (χ4v) is 3.03. The molecule has 0 aromatic carbocycles. The van der Waals surface area contributed by atoms with Crippen molar-refractivity contribution < 1.29 is 0 Å². The number of nitrogens with one attached hydrogen (secondary N) is 1. The summed E-state index contributed by atoms with van der Waals surface area (Å²) in [6, 6.07) is 2.55. The molecule has 0 fully saturated rings. The Morgan fingerprint density at radius 1 is 1.32 bits per heavy atom. The van der Waals surface area contributed by atoms with Gasteiger partial charge in [-0.25, -0.2) is 4.98 Å². The van der Waals surface area contributed by atoms with Gasteiger partial charge >= 0.3 is 0 Å². The zero-order valence-electron chi connectivity index (χ0n) is 13.0. The Bertz CT molecular complexity index is 714. The van der Waals surface area contributed by atoms with Gasteiger partial charge in [0.15, 0.2) is 0 Å². The molecule has 3 heterocycles. The maximum Gasteiger partial charge on any atom is 0.126 e. The van der Waals surface area contributed by atoms with E-state index in [1.54, 1.807) is 16.0 Å². The molecule has 0 aliphatic heterocycles. The van der Waals surface area contributed by atoms with Crippen molar-refractivity contribution in [2.45, 2.75) is 32.5 Å². The molecule has 0 radical (unpaired) electrons. The largest absolute Gasteiger partial charge is 0.306 e. The van der Waals surface area contributed by atoms with Crippen molar-refractivity contribution in [3.8, 4) is 10.6 Å². The highest BCUT2D eigenvalue weighted by Crippen LogP contribution is 2.23. The lowest BCUT2D eigenvalue weighted by Gasteiger charge is -2.21. The molecule has 22 heavy (non-hydrogen) atoms. The molecule has 1 N–H and O–H groups in total. The Hall–Kier alpha value is -1.99. The predicted molar refractivity (Wildman–Crippen MR) is 87.6 cm³/mol. The second kappa shape index (κ2) is 6.41. The first-order chi connectivity index (χ1) is 10.6. The minimum absolute atomic E-state index is 0.298. The average molecular weight is 316 g/mol. The standard InChI is InChI=1S/C15H20N6S/c1-11(12(2)21-6-4-5-17-21)16-8-14-10-22-15(19-14)13-7-18-20(3)9-13/h4-7,9-12,16H,8H2,1-3H3/t11-,12-/m0/s1. The monoisotopic (exact) mass is 316 g/mol. The molecule has 6 nitrogen and oxygen atoms in total. The van der Waals surface area contributed by atoms with Gasteiger partial charge in [-0.05, 0) is 19.9 Å². The molecular formula is C15H20N6S. The van der Waals surface area contributed by atoms with Gasteiger partial charge in [0.2, 0.25) is 0 Å². The molecule has 3 aromatic heterocycles. The summed E-state index contributed by atoms with van der Waals surface area (Å²) in [6.07, 6.45) is 7.63. The molecule has 7 heteroatoms. The zero-order chi connectivity index (χ0) is 15.5. The van der Waals surface area contributed by atoms with Gasteiger partial charge in [-0.2, -0.15) is 10.2 Å². The Morgan fingerprint density at radius 3 is 2.86 bits per heavy atom. The molecule has 0 aliphatic rings. The molecule has 0 saturated heterocycles. The van der Waals surface area contributed by atoms with E-state index in [1.807, 2.05) is 42.6 Å². The van der Waals surface area contributed by atoms with Crippen molar-refractivity contribution in [1.82, 2.24) is 29.9 Å². The van der Waals surface area contributed by atoms with Crippen LogP contribution < -0.4 is 5.32 Å². The van der Waals surface area contributed by atoms with E-state index >= 15 is 0 Å². The van der Waals surface area contributed by atoms with Crippen molar-refractivity contribution in [2.75, 3.05) is 0 Å². The third-order valence-corrected chi connectivity index (χ3v) is 4.71. The Balaban J connectivity index is 1.59. The van der Waals surface area contributed by atoms with Crippen LogP contribution in [0, 0.1) is 0 Å². The van der Waals surface area contributed by atoms with Gasteiger partial charge in [0, 0.05) is 49.2 Å². The lowest BCUT2D eigenvalue weighted by Crippen LogP contribution is -2.33. The van der Waals surface area contributed by atoms with Crippen molar-refractivity contribution in [3.05, 3.63) is 41.9 Å². The van der Waals surface area contributed by atoms with Crippen LogP contribution in [0.25, 0.3) is 10.6 Å². The summed E-state index contributed by atoms with van der Waals surface area (Å²) in [5.41, 5.74) is 2.13. The molecule has 0 amide bonds. The van der Waals surface area contributed by atoms with E-state index in [2.05, 4.69) is 39.7 Å². The highest BCUT2D eigenvalue weighted by Gasteiger charge is 2.14. The summed E-state index contributed by atoms with van der Waals surface area (Å²) >= 11 is 1.65. The fourth-order valence-electron chi connectivity index (χ4n) is 2.24. The minimum Gasteiger partial charge on any atom is -0.306 e. The maximum atomic E-state index is 4.67. The SMILES string of the molecule is C[C@H](NCc1csc(-c2cnn(C)c2)n1)[C@H](C)n1cccn1. The molecular weight excluding hydrogens is 296 g/mol. The number of aryl methyl sites for hydroxylation is 1. The van der Waals surface area contributed by atoms with Crippen molar-refractivity contribution in [3.63, 3.8) is 0 Å². The van der Waals surface area contributed by atoms with E-state index in [1.165, 1.54) is 0 Å². The lowest BCUT2D eigenvalue weighted by atomic mass is 10.2. The fraction of sp³-hybridized carbons (Fsp3) is 0.400. The molecule has 0 spiro atoms. The van der Waals surface area contributed by atoms with Gasteiger partial charge in [-0.15, -0.1) is 11.3 Å². The normalized spacial score (nSPS) is 14.1. The van der Waals surface area contributed by atoms with E-state index in [4.69, 9.17) is 0 Å². The third kappa shape index (κ3) is 3.26. The third-order valence-electron chi connectivity index (χ3n) is 3.77. The lowest BCUT2D eigenvalue weighted by molar-refractivity contribution is 0.364. The highest BCUT2D eigenvalue weighted by molar-refractivity contribution is 7.13. The maximum absolute atomic E-state index is 4.67. The van der Waals surface area contributed by atoms with Crippen LogP contribution in [0.3, 0.4) is 0 Å². The molecule has 0 aliphatic carbocycles. The molecule has 3 rings (SSSR count). The van der Waals surface area contributed by atoms with Gasteiger partial charge in [0.05, 0.1) is 17.9 Å². The highest BCUT2D eigenvalue weighted by atomic mass is 32.1. The first kappa shape index (κ1) is 14.9. The topological polar surface area (TPSA) is 60.6 Å². The molecule has 0 saturated carbocycles. The van der Waals surface area contributed by atoms with E-state index < -0.39 is 0 Å². The minimum atomic E-state index is 0.298. The second-order valence-electron chi connectivity index (χ2n) is 5.44. The van der Waals surface area contributed by atoms with Crippen molar-refractivity contribution in [2.24, 2.45) is 7.05 Å². The van der Waals surface area contributed by atoms with Gasteiger partial charge in [-0.3, -0.25) is 9.36 Å². The quantitative estimate of drug-likeness (QED) is 0.759. The van der Waals surface area contributed by atoms with E-state index in [0.717, 1.165) is 22.8 Å². The number of nitrogens with zero attached hydrogens (tertiary/aromatic N) is 5. The Kier molecular flexibility index (Phi) is 4.35. The number of hydrogen-bond donors (Lipinski definition) is 1. The van der Waals surface area contributed by atoms with Crippen LogP contribution in [-0.4, -0.2) is 30.6 Å². The van der Waals surface area contributed by atoms with Gasteiger partial charge in [0.25, 0.3) is 0 Å². The Labute approximate surface area is 133 Å². The summed E-state index contributed by atoms with van der Waals surface area (Å²) in [5, 5.41) is 15.1.